The molecule has 2 rings (SSSR count). The van der Waals surface area contributed by atoms with Crippen molar-refractivity contribution in [2.45, 2.75) is 13.8 Å². The lowest BCUT2D eigenvalue weighted by atomic mass is 10.3. The van der Waals surface area contributed by atoms with Gasteiger partial charge in [0.25, 0.3) is 0 Å². The molecule has 0 N–H and O–H groups in total. The molecule has 0 atom stereocenters. The van der Waals surface area contributed by atoms with Crippen molar-refractivity contribution in [2.75, 3.05) is 13.2 Å². The van der Waals surface area contributed by atoms with E-state index < -0.39 is 8.25 Å². The minimum Gasteiger partial charge on any atom is -0.490 e. The van der Waals surface area contributed by atoms with Crippen LogP contribution in [0.15, 0.2) is 48.5 Å². The van der Waals surface area contributed by atoms with Gasteiger partial charge in [-0.2, -0.15) is 0 Å². The second-order valence-corrected chi connectivity index (χ2v) is 4.98. The topological polar surface area (TPSA) is 54.0 Å². The van der Waals surface area contributed by atoms with Crippen LogP contribution >= 0.6 is 8.25 Å². The third-order valence-electron chi connectivity index (χ3n) is 2.64. The molecule has 0 aromatic heterocycles. The van der Waals surface area contributed by atoms with Crippen LogP contribution in [0.5, 0.6) is 23.0 Å². The average Bonchev–Trinajstić information content (AvgIpc) is 2.52. The Hall–Kier alpha value is -2.26. The number of rotatable bonds is 8. The molecule has 0 unspecified atom stereocenters. The van der Waals surface area contributed by atoms with Gasteiger partial charge in [-0.3, -0.25) is 0 Å². The summed E-state index contributed by atoms with van der Waals surface area (Å²) in [5.74, 6) is 1.80. The summed E-state index contributed by atoms with van der Waals surface area (Å²) in [6, 6.07) is 14.0. The van der Waals surface area contributed by atoms with Crippen molar-refractivity contribution >= 4 is 8.25 Å². The van der Waals surface area contributed by atoms with Crippen LogP contribution in [0, 0.1) is 0 Å². The van der Waals surface area contributed by atoms with E-state index >= 15 is 0 Å². The minimum absolute atomic E-state index is 0.374. The fourth-order valence-corrected chi connectivity index (χ4v) is 2.44. The van der Waals surface area contributed by atoms with Crippen LogP contribution in [0.4, 0.5) is 0 Å². The van der Waals surface area contributed by atoms with Gasteiger partial charge < -0.3 is 9.47 Å². The first-order valence-electron chi connectivity index (χ1n) is 7.01. The highest BCUT2D eigenvalue weighted by molar-refractivity contribution is 7.34. The van der Waals surface area contributed by atoms with E-state index in [4.69, 9.17) is 18.5 Å². The first-order chi connectivity index (χ1) is 10.7. The summed E-state index contributed by atoms with van der Waals surface area (Å²) >= 11 is 0. The first-order valence-corrected chi connectivity index (χ1v) is 8.11. The standard InChI is InChI=1S/C16H18O5P/c1-3-18-13-9-5-7-11-15(13)20-22(17)21-16-12-8-6-10-14(16)19-4-2/h5-12H,3-4H2,1-2H3/q+1. The molecule has 6 heteroatoms. The van der Waals surface area contributed by atoms with Gasteiger partial charge in [0.2, 0.25) is 11.5 Å². The van der Waals surface area contributed by atoms with Crippen molar-refractivity contribution in [1.29, 1.82) is 0 Å². The Morgan fingerprint density at radius 2 is 1.09 bits per heavy atom. The Bertz CT molecular complexity index is 576. The smallest absolute Gasteiger partial charge is 0.490 e. The van der Waals surface area contributed by atoms with Crippen molar-refractivity contribution in [1.82, 2.24) is 0 Å². The number of hydrogen-bond acceptors (Lipinski definition) is 5. The highest BCUT2D eigenvalue weighted by atomic mass is 31.1. The van der Waals surface area contributed by atoms with Gasteiger partial charge in [-0.15, -0.1) is 0 Å². The van der Waals surface area contributed by atoms with Crippen molar-refractivity contribution < 1.29 is 23.1 Å². The van der Waals surface area contributed by atoms with Gasteiger partial charge >= 0.3 is 8.25 Å². The minimum atomic E-state index is -2.40. The van der Waals surface area contributed by atoms with E-state index in [1.807, 2.05) is 26.0 Å². The van der Waals surface area contributed by atoms with E-state index in [-0.39, 0.29) is 0 Å². The van der Waals surface area contributed by atoms with Crippen LogP contribution in [0.2, 0.25) is 0 Å². The maximum absolute atomic E-state index is 12.1. The molecule has 0 fully saturated rings. The Labute approximate surface area is 130 Å². The summed E-state index contributed by atoms with van der Waals surface area (Å²) in [4.78, 5) is 0. The van der Waals surface area contributed by atoms with E-state index in [0.717, 1.165) is 0 Å². The van der Waals surface area contributed by atoms with Crippen LogP contribution in [0.1, 0.15) is 13.8 Å². The zero-order valence-corrected chi connectivity index (χ0v) is 13.4. The normalized spacial score (nSPS) is 9.91. The molecule has 2 aromatic rings. The fourth-order valence-electron chi connectivity index (χ4n) is 1.78. The Balaban J connectivity index is 2.08. The molecule has 0 aliphatic heterocycles. The number of ether oxygens (including phenoxy) is 2. The Morgan fingerprint density at radius 1 is 0.727 bits per heavy atom. The monoisotopic (exact) mass is 321 g/mol. The fraction of sp³-hybridized carbons (Fsp3) is 0.250. The predicted octanol–water partition coefficient (Wildman–Crippen LogP) is 4.60. The van der Waals surface area contributed by atoms with E-state index in [1.54, 1.807) is 36.4 Å². The predicted molar refractivity (Wildman–Crippen MR) is 84.1 cm³/mol. The summed E-state index contributed by atoms with van der Waals surface area (Å²) in [5, 5.41) is 0. The summed E-state index contributed by atoms with van der Waals surface area (Å²) in [6.07, 6.45) is 0. The number of benzene rings is 2. The van der Waals surface area contributed by atoms with Crippen LogP contribution in [0.3, 0.4) is 0 Å². The molecule has 0 amide bonds. The average molecular weight is 321 g/mol. The van der Waals surface area contributed by atoms with Gasteiger partial charge in [0.15, 0.2) is 11.5 Å². The first kappa shape index (κ1) is 16.1. The Morgan fingerprint density at radius 3 is 1.45 bits per heavy atom. The molecule has 0 radical (unpaired) electrons. The van der Waals surface area contributed by atoms with Gasteiger partial charge in [0.1, 0.15) is 0 Å². The van der Waals surface area contributed by atoms with Crippen molar-refractivity contribution in [3.8, 4) is 23.0 Å². The third-order valence-corrected chi connectivity index (χ3v) is 3.34. The molecule has 0 aliphatic carbocycles. The molecule has 0 spiro atoms. The molecule has 0 saturated carbocycles. The molecule has 0 saturated heterocycles. The van der Waals surface area contributed by atoms with Crippen molar-refractivity contribution in [2.24, 2.45) is 0 Å². The largest absolute Gasteiger partial charge is 0.805 e. The molecule has 0 bridgehead atoms. The molecular weight excluding hydrogens is 303 g/mol. The van der Waals surface area contributed by atoms with Gasteiger partial charge in [-0.05, 0) is 38.1 Å². The lowest BCUT2D eigenvalue weighted by Crippen LogP contribution is -1.97. The number of para-hydroxylation sites is 4. The summed E-state index contributed by atoms with van der Waals surface area (Å²) in [7, 11) is -2.40. The van der Waals surface area contributed by atoms with Crippen molar-refractivity contribution in [3.05, 3.63) is 48.5 Å². The SMILES string of the molecule is CCOc1ccccc1O[P+](=O)Oc1ccccc1OCC. The van der Waals surface area contributed by atoms with E-state index in [9.17, 15) is 4.57 Å². The zero-order chi connectivity index (χ0) is 15.8. The maximum atomic E-state index is 12.1. The molecule has 0 aliphatic rings. The van der Waals surface area contributed by atoms with Crippen LogP contribution in [-0.2, 0) is 4.57 Å². The van der Waals surface area contributed by atoms with Crippen LogP contribution in [0.25, 0.3) is 0 Å². The highest BCUT2D eigenvalue weighted by Crippen LogP contribution is 2.38. The lowest BCUT2D eigenvalue weighted by molar-refractivity contribution is 0.315. The van der Waals surface area contributed by atoms with Gasteiger partial charge in [-0.1, -0.05) is 24.3 Å². The second-order valence-electron chi connectivity index (χ2n) is 4.17. The molecule has 2 aromatic carbocycles. The van der Waals surface area contributed by atoms with E-state index in [1.165, 1.54) is 0 Å². The summed E-state index contributed by atoms with van der Waals surface area (Å²) in [5.41, 5.74) is 0. The van der Waals surface area contributed by atoms with E-state index in [0.29, 0.717) is 36.2 Å². The summed E-state index contributed by atoms with van der Waals surface area (Å²) in [6.45, 7) is 4.72. The molecule has 116 valence electrons. The molecule has 22 heavy (non-hydrogen) atoms. The third kappa shape index (κ3) is 4.37. The lowest BCUT2D eigenvalue weighted by Gasteiger charge is -2.06. The van der Waals surface area contributed by atoms with Gasteiger partial charge in [0.05, 0.1) is 13.2 Å². The van der Waals surface area contributed by atoms with Crippen LogP contribution in [-0.4, -0.2) is 13.2 Å². The van der Waals surface area contributed by atoms with Crippen molar-refractivity contribution in [3.63, 3.8) is 0 Å². The van der Waals surface area contributed by atoms with E-state index in [2.05, 4.69) is 0 Å². The Kier molecular flexibility index (Phi) is 6.04. The maximum Gasteiger partial charge on any atom is 0.805 e. The highest BCUT2D eigenvalue weighted by Gasteiger charge is 2.28. The zero-order valence-electron chi connectivity index (χ0n) is 12.5. The van der Waals surface area contributed by atoms with Gasteiger partial charge in [-0.25, -0.2) is 9.05 Å². The molecule has 0 heterocycles. The summed E-state index contributed by atoms with van der Waals surface area (Å²) < 4.78 is 33.6. The molecule has 5 nitrogen and oxygen atoms in total. The van der Waals surface area contributed by atoms with Crippen LogP contribution < -0.4 is 18.5 Å². The second kappa shape index (κ2) is 8.25. The van der Waals surface area contributed by atoms with Gasteiger partial charge in [0, 0.05) is 4.57 Å². The quantitative estimate of drug-likeness (QED) is 0.665. The number of hydrogen-bond donors (Lipinski definition) is 0. The molecular formula is C16H18O5P+.